The lowest BCUT2D eigenvalue weighted by molar-refractivity contribution is 1.41. The number of hydrogen-bond donors (Lipinski definition) is 0. The van der Waals surface area contributed by atoms with Gasteiger partial charge in [-0.1, -0.05) is 121 Å². The zero-order valence-corrected chi connectivity index (χ0v) is 33.8. The summed E-state index contributed by atoms with van der Waals surface area (Å²) in [5, 5.41) is 19.4. The second-order valence-corrected chi connectivity index (χ2v) is 17.5. The van der Waals surface area contributed by atoms with Crippen LogP contribution in [-0.2, 0) is 0 Å². The Bertz CT molecular complexity index is 3630. The van der Waals surface area contributed by atoms with E-state index in [1.165, 1.54) is 96.6 Å². The molecule has 0 aliphatic rings. The van der Waals surface area contributed by atoms with Gasteiger partial charge < -0.3 is 0 Å². The maximum absolute atomic E-state index is 4.85. The van der Waals surface area contributed by atoms with Gasteiger partial charge in [0.05, 0.1) is 11.0 Å². The van der Waals surface area contributed by atoms with Crippen molar-refractivity contribution in [2.45, 2.75) is 0 Å². The number of hydrogen-bond acceptors (Lipinski definition) is 4. The molecule has 60 heavy (non-hydrogen) atoms. The topological polar surface area (TPSA) is 25.8 Å². The van der Waals surface area contributed by atoms with Crippen LogP contribution in [0, 0.1) is 0 Å². The van der Waals surface area contributed by atoms with Crippen LogP contribution >= 0.6 is 22.7 Å². The lowest BCUT2D eigenvalue weighted by Crippen LogP contribution is -1.96. The molecule has 9 aromatic carbocycles. The summed E-state index contributed by atoms with van der Waals surface area (Å²) in [5.41, 5.74) is 11.6. The van der Waals surface area contributed by atoms with Gasteiger partial charge in [0.1, 0.15) is 0 Å². The van der Waals surface area contributed by atoms with Crippen molar-refractivity contribution in [3.05, 3.63) is 193 Å². The van der Waals surface area contributed by atoms with Gasteiger partial charge in [0, 0.05) is 43.3 Å². The lowest BCUT2D eigenvalue weighted by Gasteiger charge is -2.23. The monoisotopic (exact) mass is 796 g/mol. The summed E-state index contributed by atoms with van der Waals surface area (Å²) >= 11 is 3.67. The number of benzene rings is 9. The van der Waals surface area contributed by atoms with Crippen molar-refractivity contribution in [2.24, 2.45) is 0 Å². The van der Waals surface area contributed by atoms with Crippen LogP contribution in [0.25, 0.3) is 130 Å². The van der Waals surface area contributed by atoms with Crippen LogP contribution in [0.5, 0.6) is 0 Å². The third-order valence-electron chi connectivity index (χ3n) is 12.4. The normalized spacial score (nSPS) is 12.0. The summed E-state index contributed by atoms with van der Waals surface area (Å²) in [6, 6.07) is 62.9. The molecule has 0 unspecified atom stereocenters. The van der Waals surface area contributed by atoms with Crippen molar-refractivity contribution in [3.63, 3.8) is 0 Å². The Hall–Kier alpha value is -7.24. The fourth-order valence-corrected chi connectivity index (χ4v) is 11.8. The third-order valence-corrected chi connectivity index (χ3v) is 14.3. The van der Waals surface area contributed by atoms with E-state index in [-0.39, 0.29) is 0 Å². The molecule has 0 saturated carbocycles. The molecule has 0 saturated heterocycles. The largest absolute Gasteiger partial charge is 0.256 e. The molecule has 0 bridgehead atoms. The molecule has 4 heterocycles. The molecule has 0 aliphatic heterocycles. The maximum atomic E-state index is 4.85. The number of thiophene rings is 2. The molecule has 4 aromatic heterocycles. The van der Waals surface area contributed by atoms with E-state index in [4.69, 9.17) is 9.97 Å². The molecule has 278 valence electrons. The Morgan fingerprint density at radius 1 is 0.300 bits per heavy atom. The SMILES string of the molecule is c1ccc(-c2c(-c3ccc4cccnc4c3)c3ccc4ccsc4c3c3cc4c(cc23)c(-c2ccccc2)c(-c2ccc3cccnc3c2)c2ccc3ccsc3c24)cc1. The standard InChI is InChI=1S/C56H32N2S2/c1-3-9-35(10-4-1)49-43-31-44-46(32-45(43)53-41(21-19-37-23-27-59-55(37)53)51(49)39-17-15-33-13-7-25-57-47(33)29-39)54-42(22-20-38-24-28-60-56(38)54)52(50(44)36-11-5-2-6-12-36)40-18-16-34-14-8-26-58-48(34)30-40/h1-32H. The second-order valence-electron chi connectivity index (χ2n) is 15.7. The fourth-order valence-electron chi connectivity index (χ4n) is 9.83. The molecule has 0 aliphatic carbocycles. The molecule has 0 atom stereocenters. The summed E-state index contributed by atoms with van der Waals surface area (Å²) in [6.45, 7) is 0. The molecule has 13 rings (SSSR count). The van der Waals surface area contributed by atoms with E-state index in [2.05, 4.69) is 168 Å². The van der Waals surface area contributed by atoms with Gasteiger partial charge in [-0.05, 0) is 147 Å². The second kappa shape index (κ2) is 13.1. The van der Waals surface area contributed by atoms with E-state index in [1.807, 2.05) is 47.2 Å². The van der Waals surface area contributed by atoms with Crippen LogP contribution in [0.1, 0.15) is 0 Å². The number of rotatable bonds is 4. The van der Waals surface area contributed by atoms with Crippen LogP contribution in [0.2, 0.25) is 0 Å². The zero-order chi connectivity index (χ0) is 39.3. The first-order valence-corrected chi connectivity index (χ1v) is 22.0. The van der Waals surface area contributed by atoms with Crippen molar-refractivity contribution in [2.75, 3.05) is 0 Å². The van der Waals surface area contributed by atoms with Crippen molar-refractivity contribution in [1.82, 2.24) is 9.97 Å². The lowest BCUT2D eigenvalue weighted by atomic mass is 9.80. The summed E-state index contributed by atoms with van der Waals surface area (Å²) in [4.78, 5) is 9.69. The predicted molar refractivity (Wildman–Crippen MR) is 260 cm³/mol. The van der Waals surface area contributed by atoms with E-state index in [0.29, 0.717) is 0 Å². The Balaban J connectivity index is 1.30. The first kappa shape index (κ1) is 33.7. The summed E-state index contributed by atoms with van der Waals surface area (Å²) in [7, 11) is 0. The van der Waals surface area contributed by atoms with Crippen molar-refractivity contribution >= 4 is 108 Å². The Morgan fingerprint density at radius 3 is 1.22 bits per heavy atom. The quantitative estimate of drug-likeness (QED) is 0.131. The maximum Gasteiger partial charge on any atom is 0.0708 e. The van der Waals surface area contributed by atoms with E-state index in [0.717, 1.165) is 32.9 Å². The highest BCUT2D eigenvalue weighted by atomic mass is 32.1. The molecule has 0 radical (unpaired) electrons. The van der Waals surface area contributed by atoms with Crippen LogP contribution in [-0.4, -0.2) is 9.97 Å². The van der Waals surface area contributed by atoms with Crippen molar-refractivity contribution in [3.8, 4) is 44.5 Å². The zero-order valence-electron chi connectivity index (χ0n) is 32.2. The highest BCUT2D eigenvalue weighted by Gasteiger charge is 2.25. The first-order valence-electron chi connectivity index (χ1n) is 20.3. The molecule has 0 fully saturated rings. The Labute approximate surface area is 353 Å². The Kier molecular flexibility index (Phi) is 7.38. The first-order chi connectivity index (χ1) is 29.8. The predicted octanol–water partition coefficient (Wildman–Crippen LogP) is 16.5. The molecule has 2 nitrogen and oxygen atoms in total. The highest BCUT2D eigenvalue weighted by Crippen LogP contribution is 2.53. The molecule has 13 aromatic rings. The van der Waals surface area contributed by atoms with Gasteiger partial charge in [-0.2, -0.15) is 0 Å². The average molecular weight is 797 g/mol. The highest BCUT2D eigenvalue weighted by molar-refractivity contribution is 7.18. The molecular formula is C56H32N2S2. The van der Waals surface area contributed by atoms with Crippen LogP contribution in [0.4, 0.5) is 0 Å². The number of nitrogens with zero attached hydrogens (tertiary/aromatic N) is 2. The van der Waals surface area contributed by atoms with Crippen LogP contribution < -0.4 is 0 Å². The third kappa shape index (κ3) is 4.99. The molecule has 0 amide bonds. The van der Waals surface area contributed by atoms with Gasteiger partial charge in [-0.15, -0.1) is 22.7 Å². The van der Waals surface area contributed by atoms with E-state index >= 15 is 0 Å². The minimum atomic E-state index is 0.991. The number of fused-ring (bicyclic) bond motifs is 12. The van der Waals surface area contributed by atoms with E-state index < -0.39 is 0 Å². The van der Waals surface area contributed by atoms with Gasteiger partial charge >= 0.3 is 0 Å². The van der Waals surface area contributed by atoms with E-state index in [9.17, 15) is 0 Å². The minimum Gasteiger partial charge on any atom is -0.256 e. The van der Waals surface area contributed by atoms with Gasteiger partial charge in [0.25, 0.3) is 0 Å². The molecular weight excluding hydrogens is 765 g/mol. The van der Waals surface area contributed by atoms with Gasteiger partial charge in [-0.25, -0.2) is 0 Å². The van der Waals surface area contributed by atoms with Crippen LogP contribution in [0.15, 0.2) is 193 Å². The van der Waals surface area contributed by atoms with Crippen LogP contribution in [0.3, 0.4) is 0 Å². The van der Waals surface area contributed by atoms with Crippen molar-refractivity contribution in [1.29, 1.82) is 0 Å². The fraction of sp³-hybridized carbons (Fsp3) is 0. The smallest absolute Gasteiger partial charge is 0.0708 e. The van der Waals surface area contributed by atoms with E-state index in [1.54, 1.807) is 0 Å². The molecule has 0 spiro atoms. The Morgan fingerprint density at radius 2 is 0.733 bits per heavy atom. The van der Waals surface area contributed by atoms with Gasteiger partial charge in [0.2, 0.25) is 0 Å². The van der Waals surface area contributed by atoms with Gasteiger partial charge in [0.15, 0.2) is 0 Å². The summed E-state index contributed by atoms with van der Waals surface area (Å²) in [6.07, 6.45) is 3.79. The van der Waals surface area contributed by atoms with Gasteiger partial charge in [-0.3, -0.25) is 9.97 Å². The summed E-state index contributed by atoms with van der Waals surface area (Å²) < 4.78 is 2.62. The molecule has 4 heteroatoms. The molecule has 0 N–H and O–H groups in total. The van der Waals surface area contributed by atoms with Crippen molar-refractivity contribution < 1.29 is 0 Å². The minimum absolute atomic E-state index is 0.991. The number of pyridine rings is 2. The average Bonchev–Trinajstić information content (AvgIpc) is 4.01. The number of aromatic nitrogens is 2. The summed E-state index contributed by atoms with van der Waals surface area (Å²) in [5.74, 6) is 0.